The van der Waals surface area contributed by atoms with E-state index in [1.165, 1.54) is 12.8 Å². The molecule has 1 aromatic carbocycles. The molecule has 2 fully saturated rings. The van der Waals surface area contributed by atoms with Crippen molar-refractivity contribution >= 4 is 17.3 Å². The highest BCUT2D eigenvalue weighted by Crippen LogP contribution is 2.29. The zero-order valence-corrected chi connectivity index (χ0v) is 14.2. The van der Waals surface area contributed by atoms with Gasteiger partial charge in [0.2, 0.25) is 5.91 Å². The van der Waals surface area contributed by atoms with Gasteiger partial charge in [-0.3, -0.25) is 4.79 Å². The molecule has 24 heavy (non-hydrogen) atoms. The van der Waals surface area contributed by atoms with E-state index in [0.717, 1.165) is 44.0 Å². The van der Waals surface area contributed by atoms with Crippen LogP contribution in [0.4, 0.5) is 11.4 Å². The van der Waals surface area contributed by atoms with Crippen LogP contribution in [0, 0.1) is 11.3 Å². The van der Waals surface area contributed by atoms with Crippen molar-refractivity contribution in [2.24, 2.45) is 5.73 Å². The molecule has 2 aliphatic rings. The number of carbonyl (C=O) groups excluding carboxylic acids is 1. The number of nitrogens with two attached hydrogens (primary N) is 1. The number of carbonyl (C=O) groups is 1. The van der Waals surface area contributed by atoms with Crippen molar-refractivity contribution in [1.82, 2.24) is 5.32 Å². The molecule has 0 radical (unpaired) electrons. The Morgan fingerprint density at radius 3 is 2.75 bits per heavy atom. The summed E-state index contributed by atoms with van der Waals surface area (Å²) in [6, 6.07) is 8.08. The summed E-state index contributed by atoms with van der Waals surface area (Å²) < 4.78 is 0. The largest absolute Gasteiger partial charge is 0.371 e. The van der Waals surface area contributed by atoms with Gasteiger partial charge in [-0.25, -0.2) is 0 Å². The van der Waals surface area contributed by atoms with Gasteiger partial charge in [0, 0.05) is 37.9 Å². The third-order valence-electron chi connectivity index (χ3n) is 4.86. The molecule has 6 nitrogen and oxygen atoms in total. The maximum Gasteiger partial charge on any atom is 0.236 e. The van der Waals surface area contributed by atoms with Gasteiger partial charge >= 0.3 is 0 Å². The lowest BCUT2D eigenvalue weighted by molar-refractivity contribution is -0.122. The highest BCUT2D eigenvalue weighted by Gasteiger charge is 2.26. The predicted molar refractivity (Wildman–Crippen MR) is 95.0 cm³/mol. The number of rotatable bonds is 4. The Hall–Kier alpha value is -2.26. The van der Waals surface area contributed by atoms with E-state index in [9.17, 15) is 10.1 Å². The Balaban J connectivity index is 1.71. The molecule has 3 rings (SSSR count). The summed E-state index contributed by atoms with van der Waals surface area (Å²) in [6.07, 6.45) is 3.31. The second-order valence-corrected chi connectivity index (χ2v) is 6.74. The Labute approximate surface area is 143 Å². The molecule has 128 valence electrons. The van der Waals surface area contributed by atoms with Crippen LogP contribution >= 0.6 is 0 Å². The maximum atomic E-state index is 11.7. The number of nitriles is 1. The number of nitrogens with one attached hydrogen (secondary N) is 1. The smallest absolute Gasteiger partial charge is 0.236 e. The molecule has 0 spiro atoms. The van der Waals surface area contributed by atoms with E-state index in [2.05, 4.69) is 27.3 Å². The summed E-state index contributed by atoms with van der Waals surface area (Å²) in [5.74, 6) is -0.119. The summed E-state index contributed by atoms with van der Waals surface area (Å²) in [7, 11) is 0. The Morgan fingerprint density at radius 1 is 1.33 bits per heavy atom. The molecule has 2 unspecified atom stereocenters. The maximum absolute atomic E-state index is 11.7. The zero-order chi connectivity index (χ0) is 17.1. The van der Waals surface area contributed by atoms with Crippen molar-refractivity contribution in [3.05, 3.63) is 23.8 Å². The van der Waals surface area contributed by atoms with E-state index in [-0.39, 0.29) is 11.9 Å². The minimum atomic E-state index is -0.492. The topological polar surface area (TPSA) is 85.4 Å². The van der Waals surface area contributed by atoms with Crippen LogP contribution in [0.2, 0.25) is 0 Å². The highest BCUT2D eigenvalue weighted by molar-refractivity contribution is 5.81. The third kappa shape index (κ3) is 3.46. The van der Waals surface area contributed by atoms with Gasteiger partial charge in [0.1, 0.15) is 6.07 Å². The molecule has 1 aromatic rings. The van der Waals surface area contributed by atoms with E-state index >= 15 is 0 Å². The molecule has 6 heteroatoms. The van der Waals surface area contributed by atoms with Gasteiger partial charge in [-0.1, -0.05) is 0 Å². The van der Waals surface area contributed by atoms with Crippen LogP contribution in [0.15, 0.2) is 18.2 Å². The van der Waals surface area contributed by atoms with Crippen LogP contribution in [0.1, 0.15) is 31.7 Å². The van der Waals surface area contributed by atoms with Crippen LogP contribution in [0.3, 0.4) is 0 Å². The van der Waals surface area contributed by atoms with Crippen molar-refractivity contribution < 1.29 is 4.79 Å². The van der Waals surface area contributed by atoms with Crippen molar-refractivity contribution in [2.75, 3.05) is 36.0 Å². The SMILES string of the molecule is CC(N)C(=O)NC1CCN(c2ccc(N3CCCC3)cc2C#N)C1. The predicted octanol–water partition coefficient (Wildman–Crippen LogP) is 1.20. The van der Waals surface area contributed by atoms with Gasteiger partial charge in [0.25, 0.3) is 0 Å². The molecule has 1 amide bonds. The Morgan fingerprint density at radius 2 is 2.08 bits per heavy atom. The van der Waals surface area contributed by atoms with Gasteiger partial charge in [0.05, 0.1) is 17.3 Å². The first-order valence-corrected chi connectivity index (χ1v) is 8.68. The Bertz CT molecular complexity index is 645. The minimum Gasteiger partial charge on any atom is -0.371 e. The summed E-state index contributed by atoms with van der Waals surface area (Å²) in [6.45, 7) is 5.38. The molecular weight excluding hydrogens is 302 g/mol. The van der Waals surface area contributed by atoms with Gasteiger partial charge in [0.15, 0.2) is 0 Å². The van der Waals surface area contributed by atoms with Gasteiger partial charge in [-0.05, 0) is 44.4 Å². The van der Waals surface area contributed by atoms with E-state index in [1.807, 2.05) is 12.1 Å². The van der Waals surface area contributed by atoms with E-state index in [4.69, 9.17) is 5.73 Å². The molecule has 3 N–H and O–H groups in total. The monoisotopic (exact) mass is 327 g/mol. The highest BCUT2D eigenvalue weighted by atomic mass is 16.2. The first-order chi connectivity index (χ1) is 11.6. The summed E-state index contributed by atoms with van der Waals surface area (Å²) >= 11 is 0. The molecule has 2 atom stereocenters. The van der Waals surface area contributed by atoms with Crippen molar-refractivity contribution in [3.63, 3.8) is 0 Å². The fourth-order valence-corrected chi connectivity index (χ4v) is 3.49. The third-order valence-corrected chi connectivity index (χ3v) is 4.86. The molecule has 0 aliphatic carbocycles. The van der Waals surface area contributed by atoms with E-state index in [0.29, 0.717) is 5.56 Å². The molecule has 2 aliphatic heterocycles. The van der Waals surface area contributed by atoms with Crippen LogP contribution in [0.5, 0.6) is 0 Å². The summed E-state index contributed by atoms with van der Waals surface area (Å²) in [5, 5.41) is 12.5. The van der Waals surface area contributed by atoms with E-state index < -0.39 is 6.04 Å². The lowest BCUT2D eigenvalue weighted by atomic mass is 10.1. The van der Waals surface area contributed by atoms with Gasteiger partial charge in [-0.15, -0.1) is 0 Å². The number of amides is 1. The number of benzene rings is 1. The van der Waals surface area contributed by atoms with Crippen molar-refractivity contribution in [3.8, 4) is 6.07 Å². The first kappa shape index (κ1) is 16.6. The molecule has 0 saturated carbocycles. The average molecular weight is 327 g/mol. The van der Waals surface area contributed by atoms with Gasteiger partial charge in [-0.2, -0.15) is 5.26 Å². The van der Waals surface area contributed by atoms with Crippen molar-refractivity contribution in [2.45, 2.75) is 38.3 Å². The molecule has 0 aromatic heterocycles. The van der Waals surface area contributed by atoms with Gasteiger partial charge < -0.3 is 20.9 Å². The first-order valence-electron chi connectivity index (χ1n) is 8.68. The second-order valence-electron chi connectivity index (χ2n) is 6.74. The fraction of sp³-hybridized carbons (Fsp3) is 0.556. The summed E-state index contributed by atoms with van der Waals surface area (Å²) in [4.78, 5) is 16.3. The lowest BCUT2D eigenvalue weighted by Gasteiger charge is -2.23. The van der Waals surface area contributed by atoms with Crippen LogP contribution in [0.25, 0.3) is 0 Å². The molecular formula is C18H25N5O. The fourth-order valence-electron chi connectivity index (χ4n) is 3.49. The lowest BCUT2D eigenvalue weighted by Crippen LogP contribution is -2.44. The Kier molecular flexibility index (Phi) is 4.91. The number of anilines is 2. The van der Waals surface area contributed by atoms with Crippen LogP contribution in [-0.4, -0.2) is 44.2 Å². The minimum absolute atomic E-state index is 0.0910. The van der Waals surface area contributed by atoms with Crippen LogP contribution < -0.4 is 20.9 Å². The van der Waals surface area contributed by atoms with E-state index in [1.54, 1.807) is 6.92 Å². The number of hydrogen-bond donors (Lipinski definition) is 2. The van der Waals surface area contributed by atoms with Crippen LogP contribution in [-0.2, 0) is 4.79 Å². The average Bonchev–Trinajstić information content (AvgIpc) is 3.26. The molecule has 0 bridgehead atoms. The molecule has 2 saturated heterocycles. The number of hydrogen-bond acceptors (Lipinski definition) is 5. The standard InChI is InChI=1S/C18H25N5O/c1-13(20)18(24)21-15-6-9-23(12-15)17-5-4-16(10-14(17)11-19)22-7-2-3-8-22/h4-5,10,13,15H,2-3,6-9,12,20H2,1H3,(H,21,24). The summed E-state index contributed by atoms with van der Waals surface area (Å²) in [5.41, 5.74) is 8.41. The second kappa shape index (κ2) is 7.10. The van der Waals surface area contributed by atoms with Crippen molar-refractivity contribution in [1.29, 1.82) is 5.26 Å². The quantitative estimate of drug-likeness (QED) is 0.868. The molecule has 2 heterocycles. The number of nitrogens with zero attached hydrogens (tertiary/aromatic N) is 3. The zero-order valence-electron chi connectivity index (χ0n) is 14.2. The normalized spacial score (nSPS) is 21.6.